The predicted molar refractivity (Wildman–Crippen MR) is 62.5 cm³/mol. The average molecular weight is 251 g/mol. The Morgan fingerprint density at radius 1 is 1.33 bits per heavy atom. The SMILES string of the molecule is O=C(O)c1nnn(CC2CCOCC2)c1C1CC1. The third-order valence-electron chi connectivity index (χ3n) is 3.71. The summed E-state index contributed by atoms with van der Waals surface area (Å²) >= 11 is 0. The number of carbonyl (C=O) groups is 1. The molecular formula is C12H17N3O3. The van der Waals surface area contributed by atoms with Crippen molar-refractivity contribution in [3.05, 3.63) is 11.4 Å². The second-order valence-corrected chi connectivity index (χ2v) is 5.14. The third kappa shape index (κ3) is 2.25. The van der Waals surface area contributed by atoms with Crippen molar-refractivity contribution in [2.75, 3.05) is 13.2 Å². The van der Waals surface area contributed by atoms with E-state index < -0.39 is 5.97 Å². The van der Waals surface area contributed by atoms with E-state index in [0.717, 1.165) is 51.1 Å². The van der Waals surface area contributed by atoms with E-state index in [0.29, 0.717) is 11.8 Å². The van der Waals surface area contributed by atoms with Gasteiger partial charge in [0, 0.05) is 25.7 Å². The highest BCUT2D eigenvalue weighted by Gasteiger charge is 2.34. The molecule has 6 heteroatoms. The number of carboxylic acids is 1. The minimum absolute atomic E-state index is 0.143. The van der Waals surface area contributed by atoms with E-state index in [1.54, 1.807) is 0 Å². The Kier molecular flexibility index (Phi) is 3.03. The number of aromatic nitrogens is 3. The number of hydrogen-bond acceptors (Lipinski definition) is 4. The lowest BCUT2D eigenvalue weighted by molar-refractivity contribution is 0.0596. The lowest BCUT2D eigenvalue weighted by atomic mass is 10.0. The zero-order valence-electron chi connectivity index (χ0n) is 10.2. The average Bonchev–Trinajstić information content (AvgIpc) is 3.12. The van der Waals surface area contributed by atoms with E-state index in [-0.39, 0.29) is 5.69 Å². The van der Waals surface area contributed by atoms with Crippen LogP contribution in [-0.2, 0) is 11.3 Å². The van der Waals surface area contributed by atoms with Crippen molar-refractivity contribution >= 4 is 5.97 Å². The summed E-state index contributed by atoms with van der Waals surface area (Å²) in [5, 5.41) is 17.0. The first-order valence-corrected chi connectivity index (χ1v) is 6.50. The minimum atomic E-state index is -0.963. The standard InChI is InChI=1S/C12H17N3O3/c16-12(17)10-11(9-1-2-9)15(14-13-10)7-8-3-5-18-6-4-8/h8-9H,1-7H2,(H,16,17). The molecule has 1 aromatic heterocycles. The molecular weight excluding hydrogens is 234 g/mol. The zero-order valence-corrected chi connectivity index (χ0v) is 10.2. The van der Waals surface area contributed by atoms with Gasteiger partial charge in [0.15, 0.2) is 5.69 Å². The minimum Gasteiger partial charge on any atom is -0.476 e. The van der Waals surface area contributed by atoms with Crippen molar-refractivity contribution in [2.45, 2.75) is 38.1 Å². The van der Waals surface area contributed by atoms with Crippen LogP contribution in [0.3, 0.4) is 0 Å². The molecule has 0 spiro atoms. The first-order chi connectivity index (χ1) is 8.75. The van der Waals surface area contributed by atoms with Crippen molar-refractivity contribution < 1.29 is 14.6 Å². The van der Waals surface area contributed by atoms with Crippen LogP contribution in [0, 0.1) is 5.92 Å². The molecule has 3 rings (SSSR count). The lowest BCUT2D eigenvalue weighted by Gasteiger charge is -2.22. The van der Waals surface area contributed by atoms with Gasteiger partial charge in [-0.15, -0.1) is 5.10 Å². The molecule has 2 aliphatic rings. The molecule has 2 fully saturated rings. The van der Waals surface area contributed by atoms with Crippen LogP contribution < -0.4 is 0 Å². The van der Waals surface area contributed by atoms with Crippen molar-refractivity contribution in [1.29, 1.82) is 0 Å². The molecule has 1 aromatic rings. The summed E-state index contributed by atoms with van der Waals surface area (Å²) in [6.45, 7) is 2.36. The van der Waals surface area contributed by atoms with Gasteiger partial charge in [-0.05, 0) is 31.6 Å². The second kappa shape index (κ2) is 4.68. The van der Waals surface area contributed by atoms with Crippen LogP contribution >= 0.6 is 0 Å². The number of rotatable bonds is 4. The summed E-state index contributed by atoms with van der Waals surface area (Å²) in [4.78, 5) is 11.1. The molecule has 1 N–H and O–H groups in total. The van der Waals surface area contributed by atoms with Crippen molar-refractivity contribution in [1.82, 2.24) is 15.0 Å². The van der Waals surface area contributed by atoms with E-state index in [9.17, 15) is 4.79 Å². The van der Waals surface area contributed by atoms with Gasteiger partial charge in [0.05, 0.1) is 5.69 Å². The molecule has 0 amide bonds. The summed E-state index contributed by atoms with van der Waals surface area (Å²) in [6, 6.07) is 0. The fourth-order valence-electron chi connectivity index (χ4n) is 2.54. The third-order valence-corrected chi connectivity index (χ3v) is 3.71. The predicted octanol–water partition coefficient (Wildman–Crippen LogP) is 1.28. The molecule has 0 atom stereocenters. The van der Waals surface area contributed by atoms with Crippen LogP contribution in [0.1, 0.15) is 47.8 Å². The monoisotopic (exact) mass is 251 g/mol. The topological polar surface area (TPSA) is 77.2 Å². The second-order valence-electron chi connectivity index (χ2n) is 5.14. The van der Waals surface area contributed by atoms with E-state index in [1.807, 2.05) is 4.68 Å². The lowest BCUT2D eigenvalue weighted by Crippen LogP contribution is -2.22. The van der Waals surface area contributed by atoms with E-state index in [1.165, 1.54) is 0 Å². The molecule has 18 heavy (non-hydrogen) atoms. The van der Waals surface area contributed by atoms with E-state index >= 15 is 0 Å². The van der Waals surface area contributed by atoms with Gasteiger partial charge in [0.1, 0.15) is 0 Å². The number of hydrogen-bond donors (Lipinski definition) is 1. The summed E-state index contributed by atoms with van der Waals surface area (Å²) in [7, 11) is 0. The van der Waals surface area contributed by atoms with Crippen molar-refractivity contribution in [2.24, 2.45) is 5.92 Å². The number of carboxylic acid groups (broad SMARTS) is 1. The Balaban J connectivity index is 1.80. The Morgan fingerprint density at radius 3 is 2.67 bits per heavy atom. The van der Waals surface area contributed by atoms with Crippen LogP contribution in [0.15, 0.2) is 0 Å². The molecule has 6 nitrogen and oxygen atoms in total. The molecule has 0 unspecified atom stereocenters. The van der Waals surface area contributed by atoms with Gasteiger partial charge < -0.3 is 9.84 Å². The number of nitrogens with zero attached hydrogens (tertiary/aromatic N) is 3. The van der Waals surface area contributed by atoms with Crippen LogP contribution in [0.25, 0.3) is 0 Å². The molecule has 1 saturated heterocycles. The van der Waals surface area contributed by atoms with Crippen LogP contribution in [0.5, 0.6) is 0 Å². The summed E-state index contributed by atoms with van der Waals surface area (Å²) in [5.41, 5.74) is 0.971. The van der Waals surface area contributed by atoms with Gasteiger partial charge in [-0.25, -0.2) is 9.48 Å². The summed E-state index contributed by atoms with van der Waals surface area (Å²) in [5.74, 6) is -0.0827. The van der Waals surface area contributed by atoms with Gasteiger partial charge >= 0.3 is 5.97 Å². The molecule has 1 aliphatic carbocycles. The summed E-state index contributed by atoms with van der Waals surface area (Å²) < 4.78 is 7.15. The number of ether oxygens (including phenoxy) is 1. The Bertz CT molecular complexity index is 447. The first kappa shape index (κ1) is 11.6. The molecule has 1 aliphatic heterocycles. The zero-order chi connectivity index (χ0) is 12.5. The fourth-order valence-corrected chi connectivity index (χ4v) is 2.54. The Labute approximate surface area is 105 Å². The highest BCUT2D eigenvalue weighted by molar-refractivity contribution is 5.86. The van der Waals surface area contributed by atoms with Gasteiger partial charge in [-0.2, -0.15) is 0 Å². The maximum absolute atomic E-state index is 11.1. The van der Waals surface area contributed by atoms with Crippen molar-refractivity contribution in [3.8, 4) is 0 Å². The molecule has 1 saturated carbocycles. The molecule has 98 valence electrons. The molecule has 0 bridgehead atoms. The van der Waals surface area contributed by atoms with E-state index in [2.05, 4.69) is 10.3 Å². The van der Waals surface area contributed by atoms with Crippen molar-refractivity contribution in [3.63, 3.8) is 0 Å². The van der Waals surface area contributed by atoms with Gasteiger partial charge in [-0.3, -0.25) is 0 Å². The maximum atomic E-state index is 11.1. The van der Waals surface area contributed by atoms with Gasteiger partial charge in [0.25, 0.3) is 0 Å². The quantitative estimate of drug-likeness (QED) is 0.872. The largest absolute Gasteiger partial charge is 0.476 e. The maximum Gasteiger partial charge on any atom is 0.358 e. The highest BCUT2D eigenvalue weighted by atomic mass is 16.5. The normalized spacial score (nSPS) is 21.1. The molecule has 0 radical (unpaired) electrons. The smallest absolute Gasteiger partial charge is 0.358 e. The van der Waals surface area contributed by atoms with Gasteiger partial charge in [0.2, 0.25) is 0 Å². The van der Waals surface area contributed by atoms with E-state index in [4.69, 9.17) is 9.84 Å². The molecule has 2 heterocycles. The van der Waals surface area contributed by atoms with Crippen LogP contribution in [-0.4, -0.2) is 39.3 Å². The number of aromatic carboxylic acids is 1. The summed E-state index contributed by atoms with van der Waals surface area (Å²) in [6.07, 6.45) is 4.15. The molecule has 0 aromatic carbocycles. The van der Waals surface area contributed by atoms with Gasteiger partial charge in [-0.1, -0.05) is 5.21 Å². The Morgan fingerprint density at radius 2 is 2.06 bits per heavy atom. The van der Waals surface area contributed by atoms with Crippen LogP contribution in [0.2, 0.25) is 0 Å². The van der Waals surface area contributed by atoms with Crippen LogP contribution in [0.4, 0.5) is 0 Å². The highest BCUT2D eigenvalue weighted by Crippen LogP contribution is 2.41. The first-order valence-electron chi connectivity index (χ1n) is 6.50. The fraction of sp³-hybridized carbons (Fsp3) is 0.750. The Hall–Kier alpha value is -1.43.